The maximum Gasteiger partial charge on any atom is 0.337 e. The third-order valence-corrected chi connectivity index (χ3v) is 5.57. The second kappa shape index (κ2) is 4.23. The molecule has 3 aliphatic carbocycles. The summed E-state index contributed by atoms with van der Waals surface area (Å²) in [4.78, 5) is 23.7. The van der Waals surface area contributed by atoms with E-state index >= 15 is 0 Å². The van der Waals surface area contributed by atoms with Gasteiger partial charge in [0.05, 0.1) is 11.3 Å². The van der Waals surface area contributed by atoms with Crippen LogP contribution in [0, 0.1) is 29.6 Å². The predicted molar refractivity (Wildman–Crippen MR) is 77.7 cm³/mol. The van der Waals surface area contributed by atoms with Gasteiger partial charge in [-0.3, -0.25) is 4.79 Å². The number of rotatable bonds is 3. The minimum atomic E-state index is -1.08. The molecule has 5 nitrogen and oxygen atoms in total. The van der Waals surface area contributed by atoms with Crippen molar-refractivity contribution in [1.82, 2.24) is 0 Å². The number of hydrogen-bond acceptors (Lipinski definition) is 3. The molecule has 2 bridgehead atoms. The summed E-state index contributed by atoms with van der Waals surface area (Å²) < 4.78 is 0. The van der Waals surface area contributed by atoms with Crippen molar-refractivity contribution in [3.05, 3.63) is 23.8 Å². The number of benzene rings is 1. The van der Waals surface area contributed by atoms with Crippen molar-refractivity contribution in [2.75, 3.05) is 11.1 Å². The fraction of sp³-hybridized carbons (Fsp3) is 0.500. The zero-order valence-electron chi connectivity index (χ0n) is 11.6. The molecule has 110 valence electrons. The number of carbonyl (C=O) groups is 2. The Kier molecular flexibility index (Phi) is 2.55. The van der Waals surface area contributed by atoms with Gasteiger partial charge in [-0.25, -0.2) is 4.79 Å². The lowest BCUT2D eigenvalue weighted by atomic mass is 10.0. The number of fused-ring (bicyclic) bond motifs is 5. The second-order valence-electron chi connectivity index (χ2n) is 6.61. The maximum absolute atomic E-state index is 12.4. The van der Waals surface area contributed by atoms with Crippen LogP contribution in [0.1, 0.15) is 29.6 Å². The Morgan fingerprint density at radius 3 is 2.48 bits per heavy atom. The molecular formula is C16H18N2O3. The molecule has 0 saturated heterocycles. The first kappa shape index (κ1) is 12.7. The minimum absolute atomic E-state index is 0.0196. The Bertz CT molecular complexity index is 626. The quantitative estimate of drug-likeness (QED) is 0.743. The number of nitrogens with two attached hydrogens (primary N) is 1. The van der Waals surface area contributed by atoms with Gasteiger partial charge in [0, 0.05) is 11.6 Å². The SMILES string of the molecule is Nc1ccc(NC(=O)C2C3C4CCC(C4)C23)c(C(=O)O)c1. The summed E-state index contributed by atoms with van der Waals surface area (Å²) >= 11 is 0. The number of aromatic carboxylic acids is 1. The summed E-state index contributed by atoms with van der Waals surface area (Å²) in [5, 5.41) is 12.0. The fourth-order valence-electron chi connectivity index (χ4n) is 4.74. The van der Waals surface area contributed by atoms with Crippen molar-refractivity contribution in [1.29, 1.82) is 0 Å². The molecule has 1 aromatic rings. The number of carbonyl (C=O) groups excluding carboxylic acids is 1. The summed E-state index contributed by atoms with van der Waals surface area (Å²) in [6, 6.07) is 4.57. The Labute approximate surface area is 122 Å². The van der Waals surface area contributed by atoms with Crippen molar-refractivity contribution < 1.29 is 14.7 Å². The number of nitrogen functional groups attached to an aromatic ring is 1. The van der Waals surface area contributed by atoms with Gasteiger partial charge in [0.15, 0.2) is 0 Å². The van der Waals surface area contributed by atoms with Crippen LogP contribution in [0.25, 0.3) is 0 Å². The van der Waals surface area contributed by atoms with Gasteiger partial charge < -0.3 is 16.2 Å². The molecule has 0 heterocycles. The van der Waals surface area contributed by atoms with Gasteiger partial charge in [0.25, 0.3) is 0 Å². The van der Waals surface area contributed by atoms with Crippen LogP contribution in [0.4, 0.5) is 11.4 Å². The molecular weight excluding hydrogens is 268 g/mol. The summed E-state index contributed by atoms with van der Waals surface area (Å²) in [5.74, 6) is 1.54. The summed E-state index contributed by atoms with van der Waals surface area (Å²) in [5.41, 5.74) is 6.39. The molecule has 1 aromatic carbocycles. The van der Waals surface area contributed by atoms with Crippen LogP contribution in [-0.4, -0.2) is 17.0 Å². The molecule has 0 radical (unpaired) electrons. The van der Waals surface area contributed by atoms with Crippen molar-refractivity contribution >= 4 is 23.3 Å². The van der Waals surface area contributed by atoms with E-state index in [0.29, 0.717) is 23.2 Å². The normalized spacial score (nSPS) is 35.3. The zero-order valence-corrected chi connectivity index (χ0v) is 11.6. The third-order valence-electron chi connectivity index (χ3n) is 5.57. The van der Waals surface area contributed by atoms with Gasteiger partial charge in [-0.05, 0) is 61.1 Å². The second-order valence-corrected chi connectivity index (χ2v) is 6.61. The lowest BCUT2D eigenvalue weighted by molar-refractivity contribution is -0.118. The minimum Gasteiger partial charge on any atom is -0.478 e. The lowest BCUT2D eigenvalue weighted by Crippen LogP contribution is -2.20. The van der Waals surface area contributed by atoms with Crippen molar-refractivity contribution in [2.24, 2.45) is 29.6 Å². The Morgan fingerprint density at radius 1 is 1.19 bits per heavy atom. The zero-order chi connectivity index (χ0) is 14.7. The van der Waals surface area contributed by atoms with E-state index in [9.17, 15) is 14.7 Å². The number of anilines is 2. The van der Waals surface area contributed by atoms with Crippen LogP contribution in [0.2, 0.25) is 0 Å². The highest BCUT2D eigenvalue weighted by molar-refractivity contribution is 6.02. The van der Waals surface area contributed by atoms with Crippen LogP contribution in [0.3, 0.4) is 0 Å². The van der Waals surface area contributed by atoms with E-state index in [1.807, 2.05) is 0 Å². The molecule has 0 spiro atoms. The van der Waals surface area contributed by atoms with Crippen molar-refractivity contribution in [3.8, 4) is 0 Å². The number of hydrogen-bond donors (Lipinski definition) is 3. The highest BCUT2D eigenvalue weighted by Crippen LogP contribution is 2.69. The Hall–Kier alpha value is -2.04. The van der Waals surface area contributed by atoms with E-state index in [4.69, 9.17) is 5.73 Å². The van der Waals surface area contributed by atoms with Crippen molar-refractivity contribution in [3.63, 3.8) is 0 Å². The molecule has 0 aliphatic heterocycles. The predicted octanol–water partition coefficient (Wildman–Crippen LogP) is 2.20. The van der Waals surface area contributed by atoms with Crippen LogP contribution in [0.5, 0.6) is 0 Å². The Morgan fingerprint density at radius 2 is 1.86 bits per heavy atom. The molecule has 21 heavy (non-hydrogen) atoms. The molecule has 0 aromatic heterocycles. The summed E-state index contributed by atoms with van der Waals surface area (Å²) in [6.45, 7) is 0. The van der Waals surface area contributed by atoms with Crippen LogP contribution >= 0.6 is 0 Å². The summed E-state index contributed by atoms with van der Waals surface area (Å²) in [6.07, 6.45) is 3.82. The number of carboxylic acids is 1. The van der Waals surface area contributed by atoms with E-state index in [-0.39, 0.29) is 17.4 Å². The van der Waals surface area contributed by atoms with Gasteiger partial charge in [-0.15, -0.1) is 0 Å². The number of nitrogens with one attached hydrogen (secondary N) is 1. The smallest absolute Gasteiger partial charge is 0.337 e. The average Bonchev–Trinajstić information content (AvgIpc) is 2.89. The van der Waals surface area contributed by atoms with Crippen LogP contribution < -0.4 is 11.1 Å². The molecule has 1 amide bonds. The van der Waals surface area contributed by atoms with Crippen molar-refractivity contribution in [2.45, 2.75) is 19.3 Å². The molecule has 4 rings (SSSR count). The highest BCUT2D eigenvalue weighted by atomic mass is 16.4. The third kappa shape index (κ3) is 1.83. The molecule has 3 fully saturated rings. The monoisotopic (exact) mass is 286 g/mol. The van der Waals surface area contributed by atoms with E-state index in [1.54, 1.807) is 12.1 Å². The number of carboxylic acid groups (broad SMARTS) is 1. The molecule has 5 heteroatoms. The molecule has 3 aliphatic rings. The van der Waals surface area contributed by atoms with Gasteiger partial charge >= 0.3 is 5.97 Å². The first-order valence-corrected chi connectivity index (χ1v) is 7.50. The number of amides is 1. The van der Waals surface area contributed by atoms with Crippen LogP contribution in [-0.2, 0) is 4.79 Å². The topological polar surface area (TPSA) is 92.4 Å². The molecule has 4 atom stereocenters. The Balaban J connectivity index is 1.52. The fourth-order valence-corrected chi connectivity index (χ4v) is 4.74. The standard InChI is InChI=1S/C16H18N2O3/c17-9-3-4-11(10(6-9)16(20)21)18-15(19)14-12-7-1-2-8(5-7)13(12)14/h3-4,6-8,12-14H,1-2,5,17H2,(H,18,19)(H,20,21). The largest absolute Gasteiger partial charge is 0.478 e. The molecule has 4 N–H and O–H groups in total. The first-order chi connectivity index (χ1) is 10.1. The molecule has 4 unspecified atom stereocenters. The van der Waals surface area contributed by atoms with Gasteiger partial charge in [0.1, 0.15) is 0 Å². The van der Waals surface area contributed by atoms with Gasteiger partial charge in [0.2, 0.25) is 5.91 Å². The maximum atomic E-state index is 12.4. The van der Waals surface area contributed by atoms with E-state index < -0.39 is 5.97 Å². The molecule has 3 saturated carbocycles. The van der Waals surface area contributed by atoms with Gasteiger partial charge in [-0.2, -0.15) is 0 Å². The first-order valence-electron chi connectivity index (χ1n) is 7.50. The van der Waals surface area contributed by atoms with Crippen LogP contribution in [0.15, 0.2) is 18.2 Å². The van der Waals surface area contributed by atoms with E-state index in [1.165, 1.54) is 25.3 Å². The summed E-state index contributed by atoms with van der Waals surface area (Å²) in [7, 11) is 0. The average molecular weight is 286 g/mol. The highest BCUT2D eigenvalue weighted by Gasteiger charge is 2.67. The van der Waals surface area contributed by atoms with Gasteiger partial charge in [-0.1, -0.05) is 0 Å². The van der Waals surface area contributed by atoms with E-state index in [0.717, 1.165) is 11.8 Å². The lowest BCUT2D eigenvalue weighted by Gasteiger charge is -2.12. The van der Waals surface area contributed by atoms with E-state index in [2.05, 4.69) is 5.32 Å².